The summed E-state index contributed by atoms with van der Waals surface area (Å²) >= 11 is 0. The lowest BCUT2D eigenvalue weighted by Gasteiger charge is -2.04. The first-order chi connectivity index (χ1) is 5.43. The standard InChI is InChI=1S/C10H19N/c1-2-11-7-10-8-5-3-4-6-9(8)10/h8-11H,2-7H2,1H3. The van der Waals surface area contributed by atoms with E-state index in [0.717, 1.165) is 24.3 Å². The Bertz CT molecular complexity index is 121. The molecule has 0 aliphatic heterocycles. The van der Waals surface area contributed by atoms with Crippen molar-refractivity contribution in [3.8, 4) is 0 Å². The highest BCUT2D eigenvalue weighted by atomic mass is 14.9. The van der Waals surface area contributed by atoms with Crippen LogP contribution in [-0.2, 0) is 0 Å². The van der Waals surface area contributed by atoms with Gasteiger partial charge in [0.05, 0.1) is 0 Å². The Labute approximate surface area is 69.6 Å². The van der Waals surface area contributed by atoms with E-state index in [1.165, 1.54) is 32.2 Å². The van der Waals surface area contributed by atoms with E-state index >= 15 is 0 Å². The Balaban J connectivity index is 1.72. The van der Waals surface area contributed by atoms with Crippen LogP contribution < -0.4 is 5.32 Å². The predicted molar refractivity (Wildman–Crippen MR) is 47.5 cm³/mol. The summed E-state index contributed by atoms with van der Waals surface area (Å²) in [6.07, 6.45) is 6.06. The van der Waals surface area contributed by atoms with Gasteiger partial charge in [-0.2, -0.15) is 0 Å². The minimum atomic E-state index is 1.07. The Morgan fingerprint density at radius 1 is 1.18 bits per heavy atom. The molecule has 1 N–H and O–H groups in total. The van der Waals surface area contributed by atoms with Crippen LogP contribution in [-0.4, -0.2) is 13.1 Å². The molecule has 0 aromatic carbocycles. The molecule has 2 fully saturated rings. The number of hydrogen-bond acceptors (Lipinski definition) is 1. The van der Waals surface area contributed by atoms with Crippen molar-refractivity contribution in [2.75, 3.05) is 13.1 Å². The molecule has 1 heteroatoms. The number of nitrogens with one attached hydrogen (secondary N) is 1. The van der Waals surface area contributed by atoms with Crippen LogP contribution in [0.1, 0.15) is 32.6 Å². The van der Waals surface area contributed by atoms with Crippen LogP contribution in [0, 0.1) is 17.8 Å². The van der Waals surface area contributed by atoms with Crippen molar-refractivity contribution in [3.63, 3.8) is 0 Å². The maximum atomic E-state index is 3.47. The van der Waals surface area contributed by atoms with Gasteiger partial charge in [-0.05, 0) is 43.7 Å². The molecule has 0 bridgehead atoms. The van der Waals surface area contributed by atoms with Crippen molar-refractivity contribution in [1.29, 1.82) is 0 Å². The van der Waals surface area contributed by atoms with Gasteiger partial charge < -0.3 is 5.32 Å². The third kappa shape index (κ3) is 1.44. The molecule has 2 saturated carbocycles. The molecule has 0 spiro atoms. The van der Waals surface area contributed by atoms with E-state index in [1.807, 2.05) is 0 Å². The van der Waals surface area contributed by atoms with E-state index in [9.17, 15) is 0 Å². The van der Waals surface area contributed by atoms with Gasteiger partial charge in [-0.3, -0.25) is 0 Å². The van der Waals surface area contributed by atoms with E-state index in [0.29, 0.717) is 0 Å². The molecule has 0 aromatic heterocycles. The van der Waals surface area contributed by atoms with Gasteiger partial charge in [0.15, 0.2) is 0 Å². The first-order valence-corrected chi connectivity index (χ1v) is 5.14. The van der Waals surface area contributed by atoms with Crippen LogP contribution in [0.15, 0.2) is 0 Å². The van der Waals surface area contributed by atoms with Gasteiger partial charge in [0.1, 0.15) is 0 Å². The summed E-state index contributed by atoms with van der Waals surface area (Å²) < 4.78 is 0. The molecule has 0 saturated heterocycles. The molecule has 2 rings (SSSR count). The minimum absolute atomic E-state index is 1.07. The van der Waals surface area contributed by atoms with Crippen LogP contribution in [0.4, 0.5) is 0 Å². The molecular weight excluding hydrogens is 134 g/mol. The first-order valence-electron chi connectivity index (χ1n) is 5.14. The van der Waals surface area contributed by atoms with Crippen LogP contribution in [0.25, 0.3) is 0 Å². The summed E-state index contributed by atoms with van der Waals surface area (Å²) in [4.78, 5) is 0. The van der Waals surface area contributed by atoms with Gasteiger partial charge in [-0.25, -0.2) is 0 Å². The Morgan fingerprint density at radius 3 is 2.36 bits per heavy atom. The monoisotopic (exact) mass is 153 g/mol. The molecule has 2 aliphatic carbocycles. The van der Waals surface area contributed by atoms with E-state index in [1.54, 1.807) is 0 Å². The highest BCUT2D eigenvalue weighted by Gasteiger charge is 2.49. The topological polar surface area (TPSA) is 12.0 Å². The largest absolute Gasteiger partial charge is 0.317 e. The summed E-state index contributed by atoms with van der Waals surface area (Å²) in [5.74, 6) is 3.32. The second kappa shape index (κ2) is 3.14. The summed E-state index contributed by atoms with van der Waals surface area (Å²) in [5.41, 5.74) is 0. The second-order valence-electron chi connectivity index (χ2n) is 4.08. The van der Waals surface area contributed by atoms with Crippen molar-refractivity contribution in [1.82, 2.24) is 5.32 Å². The molecule has 2 atom stereocenters. The third-order valence-corrected chi connectivity index (χ3v) is 3.46. The zero-order valence-corrected chi connectivity index (χ0v) is 7.47. The maximum absolute atomic E-state index is 3.47. The number of hydrogen-bond donors (Lipinski definition) is 1. The van der Waals surface area contributed by atoms with Gasteiger partial charge in [0.2, 0.25) is 0 Å². The van der Waals surface area contributed by atoms with Crippen molar-refractivity contribution in [2.45, 2.75) is 32.6 Å². The number of fused-ring (bicyclic) bond motifs is 1. The minimum Gasteiger partial charge on any atom is -0.317 e. The highest BCUT2D eigenvalue weighted by Crippen LogP contribution is 2.54. The first kappa shape index (κ1) is 7.60. The van der Waals surface area contributed by atoms with Crippen LogP contribution in [0.2, 0.25) is 0 Å². The molecule has 2 unspecified atom stereocenters. The van der Waals surface area contributed by atoms with Crippen molar-refractivity contribution < 1.29 is 0 Å². The van der Waals surface area contributed by atoms with E-state index in [2.05, 4.69) is 12.2 Å². The Kier molecular flexibility index (Phi) is 2.17. The van der Waals surface area contributed by atoms with Crippen LogP contribution in [0.3, 0.4) is 0 Å². The van der Waals surface area contributed by atoms with Crippen LogP contribution in [0.5, 0.6) is 0 Å². The summed E-state index contributed by atoms with van der Waals surface area (Å²) in [7, 11) is 0. The maximum Gasteiger partial charge on any atom is -0.00151 e. The normalized spacial score (nSPS) is 41.7. The molecule has 0 amide bonds. The van der Waals surface area contributed by atoms with Crippen LogP contribution >= 0.6 is 0 Å². The molecule has 1 nitrogen and oxygen atoms in total. The smallest absolute Gasteiger partial charge is 0.00151 e. The molecule has 0 radical (unpaired) electrons. The third-order valence-electron chi connectivity index (χ3n) is 3.46. The molecule has 11 heavy (non-hydrogen) atoms. The predicted octanol–water partition coefficient (Wildman–Crippen LogP) is 2.03. The van der Waals surface area contributed by atoms with Crippen molar-refractivity contribution in [2.24, 2.45) is 17.8 Å². The Hall–Kier alpha value is -0.0400. The number of rotatable bonds is 3. The lowest BCUT2D eigenvalue weighted by molar-refractivity contribution is 0.480. The van der Waals surface area contributed by atoms with E-state index in [-0.39, 0.29) is 0 Å². The molecule has 0 aromatic rings. The quantitative estimate of drug-likeness (QED) is 0.654. The fourth-order valence-corrected chi connectivity index (χ4v) is 2.75. The van der Waals surface area contributed by atoms with Gasteiger partial charge >= 0.3 is 0 Å². The lowest BCUT2D eigenvalue weighted by atomic mass is 10.0. The summed E-state index contributed by atoms with van der Waals surface area (Å²) in [6.45, 7) is 4.65. The van der Waals surface area contributed by atoms with Gasteiger partial charge in [-0.15, -0.1) is 0 Å². The van der Waals surface area contributed by atoms with E-state index in [4.69, 9.17) is 0 Å². The molecule has 64 valence electrons. The molecule has 0 heterocycles. The second-order valence-corrected chi connectivity index (χ2v) is 4.08. The highest BCUT2D eigenvalue weighted by molar-refractivity contribution is 4.99. The summed E-state index contributed by atoms with van der Waals surface area (Å²) in [6, 6.07) is 0. The summed E-state index contributed by atoms with van der Waals surface area (Å²) in [5, 5.41) is 3.47. The van der Waals surface area contributed by atoms with Crippen molar-refractivity contribution in [3.05, 3.63) is 0 Å². The van der Waals surface area contributed by atoms with Gasteiger partial charge in [0, 0.05) is 0 Å². The SMILES string of the molecule is CCNCC1C2CCCCC21. The average Bonchev–Trinajstić information content (AvgIpc) is 2.75. The van der Waals surface area contributed by atoms with Gasteiger partial charge in [-0.1, -0.05) is 19.8 Å². The zero-order chi connectivity index (χ0) is 7.68. The van der Waals surface area contributed by atoms with Crippen molar-refractivity contribution >= 4 is 0 Å². The fraction of sp³-hybridized carbons (Fsp3) is 1.00. The molecular formula is C10H19N. The fourth-order valence-electron chi connectivity index (χ4n) is 2.75. The van der Waals surface area contributed by atoms with E-state index < -0.39 is 0 Å². The molecule has 2 aliphatic rings. The average molecular weight is 153 g/mol. The van der Waals surface area contributed by atoms with Gasteiger partial charge in [0.25, 0.3) is 0 Å². The lowest BCUT2D eigenvalue weighted by Crippen LogP contribution is -2.16. The Morgan fingerprint density at radius 2 is 1.82 bits per heavy atom. The zero-order valence-electron chi connectivity index (χ0n) is 7.47.